The maximum Gasteiger partial charge on any atom is 0.317 e. The summed E-state index contributed by atoms with van der Waals surface area (Å²) in [6.07, 6.45) is 1.60. The highest BCUT2D eigenvalue weighted by molar-refractivity contribution is 5.92. The first-order valence-corrected chi connectivity index (χ1v) is 6.92. The standard InChI is InChI=1S/C15H15N5O3/c1-20(2)15-18-17-14(23-15)10-3-5-11(6-4-10)16-13(21)9-12-7-8-22-19-12/h3-8H,9H2,1-2H3,(H,16,21). The van der Waals surface area contributed by atoms with Crippen molar-refractivity contribution in [1.29, 1.82) is 0 Å². The molecule has 1 aromatic carbocycles. The number of nitrogens with zero attached hydrogens (tertiary/aromatic N) is 4. The van der Waals surface area contributed by atoms with Gasteiger partial charge in [-0.15, -0.1) is 5.10 Å². The summed E-state index contributed by atoms with van der Waals surface area (Å²) in [4.78, 5) is 13.6. The minimum atomic E-state index is -0.167. The summed E-state index contributed by atoms with van der Waals surface area (Å²) in [7, 11) is 3.65. The molecule has 8 nitrogen and oxygen atoms in total. The summed E-state index contributed by atoms with van der Waals surface area (Å²) in [6.45, 7) is 0. The van der Waals surface area contributed by atoms with Gasteiger partial charge in [0, 0.05) is 31.4 Å². The van der Waals surface area contributed by atoms with E-state index in [4.69, 9.17) is 8.94 Å². The molecule has 0 spiro atoms. The van der Waals surface area contributed by atoms with E-state index in [2.05, 4.69) is 20.7 Å². The quantitative estimate of drug-likeness (QED) is 0.769. The van der Waals surface area contributed by atoms with Crippen LogP contribution < -0.4 is 10.2 Å². The molecule has 2 aromatic heterocycles. The largest absolute Gasteiger partial charge is 0.403 e. The predicted octanol–water partition coefficient (Wildman–Crippen LogP) is 1.97. The van der Waals surface area contributed by atoms with Crippen molar-refractivity contribution in [1.82, 2.24) is 15.4 Å². The summed E-state index contributed by atoms with van der Waals surface area (Å²) < 4.78 is 10.2. The topological polar surface area (TPSA) is 97.3 Å². The molecule has 0 atom stereocenters. The molecule has 3 rings (SSSR count). The van der Waals surface area contributed by atoms with Gasteiger partial charge in [-0.25, -0.2) is 0 Å². The van der Waals surface area contributed by atoms with Gasteiger partial charge in [0.05, 0.1) is 12.1 Å². The molecule has 0 saturated heterocycles. The van der Waals surface area contributed by atoms with Crippen LogP contribution in [0.4, 0.5) is 11.7 Å². The number of benzene rings is 1. The third-order valence-corrected chi connectivity index (χ3v) is 3.05. The number of anilines is 2. The van der Waals surface area contributed by atoms with Crippen LogP contribution in [0.2, 0.25) is 0 Å². The molecule has 0 saturated carbocycles. The molecule has 1 N–H and O–H groups in total. The zero-order valence-corrected chi connectivity index (χ0v) is 12.7. The molecule has 2 heterocycles. The van der Waals surface area contributed by atoms with Gasteiger partial charge in [0.15, 0.2) is 0 Å². The van der Waals surface area contributed by atoms with Gasteiger partial charge in [-0.2, -0.15) is 0 Å². The summed E-state index contributed by atoms with van der Waals surface area (Å²) in [5.41, 5.74) is 2.04. The van der Waals surface area contributed by atoms with Gasteiger partial charge in [0.1, 0.15) is 6.26 Å². The van der Waals surface area contributed by atoms with E-state index in [1.54, 1.807) is 35.2 Å². The Balaban J connectivity index is 1.65. The van der Waals surface area contributed by atoms with E-state index in [1.807, 2.05) is 14.1 Å². The minimum absolute atomic E-state index is 0.161. The van der Waals surface area contributed by atoms with Crippen LogP contribution >= 0.6 is 0 Å². The highest BCUT2D eigenvalue weighted by atomic mass is 16.5. The second kappa shape index (κ2) is 6.30. The second-order valence-corrected chi connectivity index (χ2v) is 5.08. The molecule has 8 heteroatoms. The lowest BCUT2D eigenvalue weighted by Crippen LogP contribution is -2.14. The van der Waals surface area contributed by atoms with Gasteiger partial charge in [-0.05, 0) is 24.3 Å². The van der Waals surface area contributed by atoms with Crippen molar-refractivity contribution in [2.75, 3.05) is 24.3 Å². The maximum absolute atomic E-state index is 11.9. The van der Waals surface area contributed by atoms with Crippen molar-refractivity contribution in [3.8, 4) is 11.5 Å². The van der Waals surface area contributed by atoms with Crippen molar-refractivity contribution in [2.45, 2.75) is 6.42 Å². The molecule has 3 aromatic rings. The molecule has 0 aliphatic heterocycles. The fourth-order valence-corrected chi connectivity index (χ4v) is 1.91. The van der Waals surface area contributed by atoms with Gasteiger partial charge >= 0.3 is 6.01 Å². The summed E-state index contributed by atoms with van der Waals surface area (Å²) in [5.74, 6) is 0.258. The first-order chi connectivity index (χ1) is 11.1. The van der Waals surface area contributed by atoms with E-state index >= 15 is 0 Å². The van der Waals surface area contributed by atoms with Crippen molar-refractivity contribution < 1.29 is 13.7 Å². The predicted molar refractivity (Wildman–Crippen MR) is 82.9 cm³/mol. The third-order valence-electron chi connectivity index (χ3n) is 3.05. The lowest BCUT2D eigenvalue weighted by molar-refractivity contribution is -0.115. The Morgan fingerprint density at radius 3 is 2.57 bits per heavy atom. The van der Waals surface area contributed by atoms with Gasteiger partial charge in [-0.3, -0.25) is 4.79 Å². The molecule has 0 bridgehead atoms. The zero-order chi connectivity index (χ0) is 16.2. The number of hydrogen-bond acceptors (Lipinski definition) is 7. The maximum atomic E-state index is 11.9. The average Bonchev–Trinajstić information content (AvgIpc) is 3.19. The summed E-state index contributed by atoms with van der Waals surface area (Å²) >= 11 is 0. The van der Waals surface area contributed by atoms with E-state index in [-0.39, 0.29) is 12.3 Å². The van der Waals surface area contributed by atoms with E-state index in [0.29, 0.717) is 23.3 Å². The van der Waals surface area contributed by atoms with Gasteiger partial charge in [0.25, 0.3) is 0 Å². The Hall–Kier alpha value is -3.16. The molecule has 23 heavy (non-hydrogen) atoms. The first-order valence-electron chi connectivity index (χ1n) is 6.92. The number of carbonyl (C=O) groups is 1. The monoisotopic (exact) mass is 313 g/mol. The van der Waals surface area contributed by atoms with Crippen LogP contribution in [-0.2, 0) is 11.2 Å². The zero-order valence-electron chi connectivity index (χ0n) is 12.7. The fourth-order valence-electron chi connectivity index (χ4n) is 1.91. The molecule has 0 radical (unpaired) electrons. The third kappa shape index (κ3) is 3.54. The van der Waals surface area contributed by atoms with Crippen LogP contribution in [0.3, 0.4) is 0 Å². The normalized spacial score (nSPS) is 10.5. The van der Waals surface area contributed by atoms with Crippen LogP contribution in [-0.4, -0.2) is 35.4 Å². The molecule has 1 amide bonds. The summed E-state index contributed by atoms with van der Waals surface area (Å²) in [6, 6.07) is 9.24. The van der Waals surface area contributed by atoms with Crippen LogP contribution in [0.5, 0.6) is 0 Å². The molecule has 0 aliphatic rings. The Morgan fingerprint density at radius 1 is 1.17 bits per heavy atom. The number of rotatable bonds is 5. The molecule has 0 unspecified atom stereocenters. The number of nitrogens with one attached hydrogen (secondary N) is 1. The molecule has 0 fully saturated rings. The van der Waals surface area contributed by atoms with E-state index in [0.717, 1.165) is 5.56 Å². The Kier molecular flexibility index (Phi) is 4.05. The minimum Gasteiger partial charge on any atom is -0.403 e. The molecular formula is C15H15N5O3. The van der Waals surface area contributed by atoms with Crippen molar-refractivity contribution >= 4 is 17.6 Å². The van der Waals surface area contributed by atoms with E-state index in [1.165, 1.54) is 6.26 Å². The van der Waals surface area contributed by atoms with Crippen molar-refractivity contribution in [3.05, 3.63) is 42.3 Å². The molecular weight excluding hydrogens is 298 g/mol. The van der Waals surface area contributed by atoms with Crippen LogP contribution in [0.1, 0.15) is 5.69 Å². The number of aromatic nitrogens is 3. The van der Waals surface area contributed by atoms with Crippen molar-refractivity contribution in [3.63, 3.8) is 0 Å². The lowest BCUT2D eigenvalue weighted by atomic mass is 10.2. The average molecular weight is 313 g/mol. The Morgan fingerprint density at radius 2 is 1.96 bits per heavy atom. The number of hydrogen-bond donors (Lipinski definition) is 1. The van der Waals surface area contributed by atoms with Crippen LogP contribution in [0.15, 0.2) is 45.5 Å². The van der Waals surface area contributed by atoms with Gasteiger partial charge in [-0.1, -0.05) is 10.3 Å². The molecule has 118 valence electrons. The number of carbonyl (C=O) groups excluding carboxylic acids is 1. The van der Waals surface area contributed by atoms with Gasteiger partial charge in [0.2, 0.25) is 11.8 Å². The SMILES string of the molecule is CN(C)c1nnc(-c2ccc(NC(=O)Cc3ccon3)cc2)o1. The van der Waals surface area contributed by atoms with Gasteiger partial charge < -0.3 is 19.2 Å². The number of amides is 1. The van der Waals surface area contributed by atoms with E-state index in [9.17, 15) is 4.79 Å². The fraction of sp³-hybridized carbons (Fsp3) is 0.200. The van der Waals surface area contributed by atoms with Crippen LogP contribution in [0.25, 0.3) is 11.5 Å². The first kappa shape index (κ1) is 14.8. The van der Waals surface area contributed by atoms with Crippen molar-refractivity contribution in [2.24, 2.45) is 0 Å². The van der Waals surface area contributed by atoms with E-state index < -0.39 is 0 Å². The Labute approximate surface area is 132 Å². The summed E-state index contributed by atoms with van der Waals surface area (Å²) in [5, 5.41) is 14.4. The highest BCUT2D eigenvalue weighted by Crippen LogP contribution is 2.22. The highest BCUT2D eigenvalue weighted by Gasteiger charge is 2.10. The second-order valence-electron chi connectivity index (χ2n) is 5.08. The molecule has 0 aliphatic carbocycles. The lowest BCUT2D eigenvalue weighted by Gasteiger charge is -2.05. The Bertz CT molecular complexity index is 778. The van der Waals surface area contributed by atoms with Crippen LogP contribution in [0, 0.1) is 0 Å². The smallest absolute Gasteiger partial charge is 0.317 e.